The minimum absolute atomic E-state index is 0.285. The molecule has 0 fully saturated rings. The van der Waals surface area contributed by atoms with Gasteiger partial charge in [0.15, 0.2) is 5.06 Å². The third-order valence-corrected chi connectivity index (χ3v) is 3.19. The molecule has 0 spiro atoms. The third kappa shape index (κ3) is 2.29. The SMILES string of the molecule is CCOc1scc(-c2ccc(F)cc2)c1C#N. The van der Waals surface area contributed by atoms with Crippen LogP contribution in [0, 0.1) is 17.1 Å². The average Bonchev–Trinajstić information content (AvgIpc) is 2.73. The molecule has 4 heteroatoms. The minimum Gasteiger partial charge on any atom is -0.483 e. The highest BCUT2D eigenvalue weighted by atomic mass is 32.1. The van der Waals surface area contributed by atoms with Crippen LogP contribution in [0.3, 0.4) is 0 Å². The van der Waals surface area contributed by atoms with E-state index >= 15 is 0 Å². The predicted molar refractivity (Wildman–Crippen MR) is 65.6 cm³/mol. The van der Waals surface area contributed by atoms with Crippen LogP contribution in [0.4, 0.5) is 4.39 Å². The van der Waals surface area contributed by atoms with Crippen LogP contribution in [0.25, 0.3) is 11.1 Å². The molecule has 0 aliphatic carbocycles. The van der Waals surface area contributed by atoms with E-state index in [1.54, 1.807) is 12.1 Å². The Bertz CT molecular complexity index is 554. The van der Waals surface area contributed by atoms with Crippen LogP contribution in [0.1, 0.15) is 12.5 Å². The zero-order chi connectivity index (χ0) is 12.3. The molecule has 0 amide bonds. The summed E-state index contributed by atoms with van der Waals surface area (Å²) in [6.45, 7) is 2.40. The Morgan fingerprint density at radius 3 is 2.65 bits per heavy atom. The summed E-state index contributed by atoms with van der Waals surface area (Å²) in [5.41, 5.74) is 2.13. The fourth-order valence-corrected chi connectivity index (χ4v) is 2.46. The molecule has 17 heavy (non-hydrogen) atoms. The molecule has 0 bridgehead atoms. The number of ether oxygens (including phenoxy) is 1. The van der Waals surface area contributed by atoms with Crippen LogP contribution in [0.15, 0.2) is 29.6 Å². The molecule has 2 aromatic rings. The molecule has 1 heterocycles. The van der Waals surface area contributed by atoms with E-state index in [0.29, 0.717) is 17.2 Å². The van der Waals surface area contributed by atoms with Crippen molar-refractivity contribution >= 4 is 11.3 Å². The Labute approximate surface area is 103 Å². The molecule has 0 N–H and O–H groups in total. The molecule has 2 nitrogen and oxygen atoms in total. The van der Waals surface area contributed by atoms with E-state index in [2.05, 4.69) is 6.07 Å². The van der Waals surface area contributed by atoms with Gasteiger partial charge < -0.3 is 4.74 Å². The van der Waals surface area contributed by atoms with Crippen molar-refractivity contribution in [2.24, 2.45) is 0 Å². The Hall–Kier alpha value is -1.86. The second-order valence-corrected chi connectivity index (χ2v) is 4.21. The van der Waals surface area contributed by atoms with Gasteiger partial charge in [0, 0.05) is 10.9 Å². The summed E-state index contributed by atoms with van der Waals surface area (Å²) in [6.07, 6.45) is 0. The van der Waals surface area contributed by atoms with Crippen molar-refractivity contribution in [2.75, 3.05) is 6.61 Å². The first-order valence-corrected chi connectivity index (χ1v) is 6.04. The van der Waals surface area contributed by atoms with Gasteiger partial charge >= 0.3 is 0 Å². The zero-order valence-electron chi connectivity index (χ0n) is 9.24. The molecule has 0 radical (unpaired) electrons. The second-order valence-electron chi connectivity index (χ2n) is 3.36. The quantitative estimate of drug-likeness (QED) is 0.825. The van der Waals surface area contributed by atoms with Gasteiger partial charge in [-0.15, -0.1) is 11.3 Å². The van der Waals surface area contributed by atoms with Gasteiger partial charge in [0.25, 0.3) is 0 Å². The number of hydrogen-bond donors (Lipinski definition) is 0. The van der Waals surface area contributed by atoms with Gasteiger partial charge in [0.05, 0.1) is 6.61 Å². The lowest BCUT2D eigenvalue weighted by molar-refractivity contribution is 0.349. The van der Waals surface area contributed by atoms with Crippen molar-refractivity contribution < 1.29 is 9.13 Å². The number of rotatable bonds is 3. The summed E-state index contributed by atoms with van der Waals surface area (Å²) in [5, 5.41) is 11.6. The van der Waals surface area contributed by atoms with Gasteiger partial charge in [-0.2, -0.15) is 5.26 Å². The highest BCUT2D eigenvalue weighted by Gasteiger charge is 2.13. The van der Waals surface area contributed by atoms with Crippen LogP contribution < -0.4 is 4.74 Å². The molecular weight excluding hydrogens is 237 g/mol. The lowest BCUT2D eigenvalue weighted by atomic mass is 10.1. The van der Waals surface area contributed by atoms with Crippen molar-refractivity contribution in [3.63, 3.8) is 0 Å². The second kappa shape index (κ2) is 4.98. The summed E-state index contributed by atoms with van der Waals surface area (Å²) >= 11 is 1.39. The summed E-state index contributed by atoms with van der Waals surface area (Å²) in [4.78, 5) is 0. The third-order valence-electron chi connectivity index (χ3n) is 2.30. The van der Waals surface area contributed by atoms with Crippen molar-refractivity contribution in [3.05, 3.63) is 41.0 Å². The van der Waals surface area contributed by atoms with Gasteiger partial charge in [-0.25, -0.2) is 4.39 Å². The minimum atomic E-state index is -0.285. The van der Waals surface area contributed by atoms with E-state index in [1.807, 2.05) is 12.3 Å². The number of nitriles is 1. The largest absolute Gasteiger partial charge is 0.483 e. The van der Waals surface area contributed by atoms with Crippen LogP contribution in [0.5, 0.6) is 5.06 Å². The van der Waals surface area contributed by atoms with Crippen LogP contribution >= 0.6 is 11.3 Å². The summed E-state index contributed by atoms with van der Waals surface area (Å²) in [5.74, 6) is -0.285. The Morgan fingerprint density at radius 2 is 2.06 bits per heavy atom. The Kier molecular flexibility index (Phi) is 3.40. The van der Waals surface area contributed by atoms with Crippen molar-refractivity contribution in [3.8, 4) is 22.3 Å². The normalized spacial score (nSPS) is 9.94. The Balaban J connectivity index is 2.46. The molecule has 2 rings (SSSR count). The monoisotopic (exact) mass is 247 g/mol. The molecule has 1 aromatic heterocycles. The van der Waals surface area contributed by atoms with Gasteiger partial charge in [-0.3, -0.25) is 0 Å². The van der Waals surface area contributed by atoms with E-state index < -0.39 is 0 Å². The average molecular weight is 247 g/mol. The molecule has 0 aliphatic rings. The smallest absolute Gasteiger partial charge is 0.192 e. The fourth-order valence-electron chi connectivity index (χ4n) is 1.53. The molecular formula is C13H10FNOS. The van der Waals surface area contributed by atoms with Gasteiger partial charge in [0.2, 0.25) is 0 Å². The highest BCUT2D eigenvalue weighted by Crippen LogP contribution is 2.36. The van der Waals surface area contributed by atoms with Crippen LogP contribution in [-0.4, -0.2) is 6.61 Å². The number of halogens is 1. The van der Waals surface area contributed by atoms with Crippen molar-refractivity contribution in [2.45, 2.75) is 6.92 Å². The van der Waals surface area contributed by atoms with Crippen LogP contribution in [0.2, 0.25) is 0 Å². The molecule has 0 unspecified atom stereocenters. The van der Waals surface area contributed by atoms with E-state index in [-0.39, 0.29) is 5.82 Å². The fraction of sp³-hybridized carbons (Fsp3) is 0.154. The first-order chi connectivity index (χ1) is 8.26. The molecule has 0 saturated heterocycles. The molecule has 0 atom stereocenters. The number of nitrogens with zero attached hydrogens (tertiary/aromatic N) is 1. The summed E-state index contributed by atoms with van der Waals surface area (Å²) in [7, 11) is 0. The van der Waals surface area contributed by atoms with Crippen molar-refractivity contribution in [1.29, 1.82) is 5.26 Å². The maximum absolute atomic E-state index is 12.8. The molecule has 1 aromatic carbocycles. The van der Waals surface area contributed by atoms with Crippen molar-refractivity contribution in [1.82, 2.24) is 0 Å². The standard InChI is InChI=1S/C13H10FNOS/c1-2-16-13-11(7-15)12(8-17-13)9-3-5-10(14)6-4-9/h3-6,8H,2H2,1H3. The van der Waals surface area contributed by atoms with E-state index in [0.717, 1.165) is 11.1 Å². The highest BCUT2D eigenvalue weighted by molar-refractivity contribution is 7.12. The number of thiophene rings is 1. The Morgan fingerprint density at radius 1 is 1.35 bits per heavy atom. The lowest BCUT2D eigenvalue weighted by Crippen LogP contribution is -1.91. The first-order valence-electron chi connectivity index (χ1n) is 5.16. The van der Waals surface area contributed by atoms with Gasteiger partial charge in [0.1, 0.15) is 17.4 Å². The summed E-state index contributed by atoms with van der Waals surface area (Å²) in [6, 6.07) is 8.22. The molecule has 0 aliphatic heterocycles. The molecule has 0 saturated carbocycles. The zero-order valence-corrected chi connectivity index (χ0v) is 10.1. The number of benzene rings is 1. The van der Waals surface area contributed by atoms with E-state index in [1.165, 1.54) is 23.5 Å². The lowest BCUT2D eigenvalue weighted by Gasteiger charge is -2.01. The van der Waals surface area contributed by atoms with E-state index in [9.17, 15) is 4.39 Å². The maximum atomic E-state index is 12.8. The van der Waals surface area contributed by atoms with Gasteiger partial charge in [-0.05, 0) is 24.6 Å². The molecule has 86 valence electrons. The van der Waals surface area contributed by atoms with Crippen LogP contribution in [-0.2, 0) is 0 Å². The van der Waals surface area contributed by atoms with Gasteiger partial charge in [-0.1, -0.05) is 12.1 Å². The topological polar surface area (TPSA) is 33.0 Å². The summed E-state index contributed by atoms with van der Waals surface area (Å²) < 4.78 is 18.2. The first kappa shape index (κ1) is 11.6. The maximum Gasteiger partial charge on any atom is 0.192 e. The number of hydrogen-bond acceptors (Lipinski definition) is 3. The predicted octanol–water partition coefficient (Wildman–Crippen LogP) is 3.82. The van der Waals surface area contributed by atoms with E-state index in [4.69, 9.17) is 10.00 Å².